The second kappa shape index (κ2) is 8.39. The summed E-state index contributed by atoms with van der Waals surface area (Å²) in [4.78, 5) is 41.3. The number of carboxylic acids is 1. The van der Waals surface area contributed by atoms with Crippen LogP contribution >= 0.6 is 0 Å². The van der Waals surface area contributed by atoms with Crippen molar-refractivity contribution in [1.82, 2.24) is 10.2 Å². The van der Waals surface area contributed by atoms with Crippen LogP contribution in [-0.4, -0.2) is 40.4 Å². The van der Waals surface area contributed by atoms with Gasteiger partial charge in [0.2, 0.25) is 11.8 Å². The minimum absolute atomic E-state index is 0.125. The highest BCUT2D eigenvalue weighted by molar-refractivity contribution is 6.09. The highest BCUT2D eigenvalue weighted by atomic mass is 16.5. The van der Waals surface area contributed by atoms with Gasteiger partial charge in [-0.2, -0.15) is 0 Å². The fourth-order valence-electron chi connectivity index (χ4n) is 5.30. The lowest BCUT2D eigenvalue weighted by atomic mass is 9.72. The van der Waals surface area contributed by atoms with Gasteiger partial charge >= 0.3 is 5.97 Å². The van der Waals surface area contributed by atoms with Gasteiger partial charge in [0.1, 0.15) is 11.3 Å². The molecule has 0 aliphatic carbocycles. The summed E-state index contributed by atoms with van der Waals surface area (Å²) in [7, 11) is 1.54. The third-order valence-electron chi connectivity index (χ3n) is 7.09. The quantitative estimate of drug-likeness (QED) is 0.648. The Kier molecular flexibility index (Phi) is 5.77. The van der Waals surface area contributed by atoms with Crippen LogP contribution in [0.15, 0.2) is 54.6 Å². The minimum atomic E-state index is -1.55. The van der Waals surface area contributed by atoms with E-state index in [1.807, 2.05) is 62.4 Å². The lowest BCUT2D eigenvalue weighted by molar-refractivity contribution is -0.154. The first kappa shape index (κ1) is 22.0. The van der Waals surface area contributed by atoms with Gasteiger partial charge in [-0.05, 0) is 17.5 Å². The second-order valence-corrected chi connectivity index (χ2v) is 8.60. The summed E-state index contributed by atoms with van der Waals surface area (Å²) in [6, 6.07) is 15.8. The maximum Gasteiger partial charge on any atom is 0.325 e. The number of methoxy groups -OCH3 is 1. The van der Waals surface area contributed by atoms with Gasteiger partial charge in [-0.1, -0.05) is 68.8 Å². The Morgan fingerprint density at radius 2 is 1.78 bits per heavy atom. The lowest BCUT2D eigenvalue weighted by Gasteiger charge is -2.36. The average Bonchev–Trinajstić information content (AvgIpc) is 3.29. The van der Waals surface area contributed by atoms with Crippen molar-refractivity contribution in [3.8, 4) is 5.75 Å². The Morgan fingerprint density at radius 1 is 1.12 bits per heavy atom. The molecule has 32 heavy (non-hydrogen) atoms. The van der Waals surface area contributed by atoms with E-state index in [2.05, 4.69) is 5.32 Å². The molecule has 2 aliphatic heterocycles. The van der Waals surface area contributed by atoms with E-state index in [4.69, 9.17) is 4.74 Å². The van der Waals surface area contributed by atoms with Crippen LogP contribution in [0.2, 0.25) is 0 Å². The molecule has 0 bridgehead atoms. The highest BCUT2D eigenvalue weighted by Crippen LogP contribution is 2.53. The lowest BCUT2D eigenvalue weighted by Crippen LogP contribution is -2.59. The maximum atomic E-state index is 13.6. The van der Waals surface area contributed by atoms with Crippen LogP contribution in [-0.2, 0) is 20.9 Å². The summed E-state index contributed by atoms with van der Waals surface area (Å²) in [6.45, 7) is 3.84. The van der Waals surface area contributed by atoms with E-state index in [1.54, 1.807) is 6.07 Å². The molecule has 2 aliphatic rings. The first-order valence-electron chi connectivity index (χ1n) is 10.9. The summed E-state index contributed by atoms with van der Waals surface area (Å²) in [5, 5.41) is 13.7. The third-order valence-corrected chi connectivity index (χ3v) is 7.09. The van der Waals surface area contributed by atoms with E-state index in [0.717, 1.165) is 5.56 Å². The minimum Gasteiger partial charge on any atom is -0.496 e. The summed E-state index contributed by atoms with van der Waals surface area (Å²) in [5.41, 5.74) is -0.0529. The first-order chi connectivity index (χ1) is 15.4. The SMILES string of the molecule is CCC(C)C1(C(=O)O)NC(c2ccccc2OC)C2C(=O)N(Cc3ccccc3)C(=O)C21. The number of imide groups is 1. The zero-order valence-electron chi connectivity index (χ0n) is 18.4. The number of carboxylic acid groups (broad SMARTS) is 1. The average molecular weight is 437 g/mol. The largest absolute Gasteiger partial charge is 0.496 e. The van der Waals surface area contributed by atoms with Crippen molar-refractivity contribution in [3.05, 3.63) is 65.7 Å². The number of hydrogen-bond donors (Lipinski definition) is 2. The first-order valence-corrected chi connectivity index (χ1v) is 10.9. The number of nitrogens with zero attached hydrogens (tertiary/aromatic N) is 1. The Bertz CT molecular complexity index is 1040. The van der Waals surface area contributed by atoms with E-state index >= 15 is 0 Å². The van der Waals surface area contributed by atoms with Gasteiger partial charge < -0.3 is 9.84 Å². The summed E-state index contributed by atoms with van der Waals surface area (Å²) in [6.07, 6.45) is 0.543. The van der Waals surface area contributed by atoms with Crippen LogP contribution in [0.3, 0.4) is 0 Å². The van der Waals surface area contributed by atoms with Gasteiger partial charge in [-0.3, -0.25) is 24.6 Å². The number of carbonyl (C=O) groups excluding carboxylic acids is 2. The van der Waals surface area contributed by atoms with Crippen LogP contribution in [0.5, 0.6) is 5.75 Å². The summed E-state index contributed by atoms with van der Waals surface area (Å²) in [5.74, 6) is -3.54. The van der Waals surface area contributed by atoms with Gasteiger partial charge in [-0.15, -0.1) is 0 Å². The van der Waals surface area contributed by atoms with Crippen LogP contribution in [0.25, 0.3) is 0 Å². The number of amides is 2. The van der Waals surface area contributed by atoms with Gasteiger partial charge in [0, 0.05) is 11.6 Å². The second-order valence-electron chi connectivity index (χ2n) is 8.60. The molecule has 2 heterocycles. The van der Waals surface area contributed by atoms with Crippen LogP contribution in [0.4, 0.5) is 0 Å². The van der Waals surface area contributed by atoms with Crippen molar-refractivity contribution in [1.29, 1.82) is 0 Å². The molecule has 2 aromatic carbocycles. The molecule has 7 heteroatoms. The molecule has 2 amide bonds. The molecular formula is C25H28N2O5. The smallest absolute Gasteiger partial charge is 0.325 e. The molecule has 0 aromatic heterocycles. The Balaban J connectivity index is 1.84. The molecule has 2 N–H and O–H groups in total. The van der Waals surface area contributed by atoms with E-state index < -0.39 is 35.3 Å². The summed E-state index contributed by atoms with van der Waals surface area (Å²) < 4.78 is 5.51. The number of likely N-dealkylation sites (tertiary alicyclic amines) is 1. The molecule has 5 atom stereocenters. The molecule has 2 aromatic rings. The normalized spacial score (nSPS) is 28.0. The molecule has 0 spiro atoms. The van der Waals surface area contributed by atoms with E-state index in [1.165, 1.54) is 12.0 Å². The van der Waals surface area contributed by atoms with Crippen LogP contribution in [0.1, 0.15) is 37.4 Å². The number of carbonyl (C=O) groups is 3. The molecule has 2 saturated heterocycles. The van der Waals surface area contributed by atoms with Crippen molar-refractivity contribution in [3.63, 3.8) is 0 Å². The number of rotatable bonds is 7. The molecule has 0 radical (unpaired) electrons. The Labute approximate surface area is 187 Å². The predicted molar refractivity (Wildman–Crippen MR) is 118 cm³/mol. The van der Waals surface area contributed by atoms with E-state index in [0.29, 0.717) is 17.7 Å². The van der Waals surface area contributed by atoms with Gasteiger partial charge in [0.15, 0.2) is 0 Å². The monoisotopic (exact) mass is 436 g/mol. The number of fused-ring (bicyclic) bond motifs is 1. The standard InChI is InChI=1S/C25H28N2O5/c1-4-15(2)25(24(30)31)20-19(21(26-25)17-12-8-9-13-18(17)32-3)22(28)27(23(20)29)14-16-10-6-5-7-11-16/h5-13,15,19-21,26H,4,14H2,1-3H3,(H,30,31). The molecule has 4 rings (SSSR count). The molecule has 168 valence electrons. The van der Waals surface area contributed by atoms with Crippen molar-refractivity contribution >= 4 is 17.8 Å². The van der Waals surface area contributed by atoms with Gasteiger partial charge in [-0.25, -0.2) is 0 Å². The predicted octanol–water partition coefficient (Wildman–Crippen LogP) is 3.01. The fraction of sp³-hybridized carbons (Fsp3) is 0.400. The zero-order chi connectivity index (χ0) is 23.0. The number of aliphatic carboxylic acids is 1. The van der Waals surface area contributed by atoms with Gasteiger partial charge in [0.25, 0.3) is 0 Å². The Morgan fingerprint density at radius 3 is 2.41 bits per heavy atom. The zero-order valence-corrected chi connectivity index (χ0v) is 18.4. The molecule has 0 saturated carbocycles. The molecular weight excluding hydrogens is 408 g/mol. The Hall–Kier alpha value is -3.19. The van der Waals surface area contributed by atoms with Gasteiger partial charge in [0.05, 0.1) is 25.5 Å². The molecule has 7 nitrogen and oxygen atoms in total. The molecule has 2 fully saturated rings. The summed E-state index contributed by atoms with van der Waals surface area (Å²) >= 11 is 0. The highest BCUT2D eigenvalue weighted by Gasteiger charge is 2.69. The van der Waals surface area contributed by atoms with E-state index in [9.17, 15) is 19.5 Å². The number of benzene rings is 2. The fourth-order valence-corrected chi connectivity index (χ4v) is 5.30. The van der Waals surface area contributed by atoms with Crippen molar-refractivity contribution < 1.29 is 24.2 Å². The number of ether oxygens (including phenoxy) is 1. The van der Waals surface area contributed by atoms with Crippen molar-refractivity contribution in [2.24, 2.45) is 17.8 Å². The third kappa shape index (κ3) is 3.19. The van der Waals surface area contributed by atoms with E-state index in [-0.39, 0.29) is 18.4 Å². The van der Waals surface area contributed by atoms with Crippen molar-refractivity contribution in [2.75, 3.05) is 7.11 Å². The number of para-hydroxylation sites is 1. The number of nitrogens with one attached hydrogen (secondary N) is 1. The van der Waals surface area contributed by atoms with Crippen LogP contribution < -0.4 is 10.1 Å². The number of hydrogen-bond acceptors (Lipinski definition) is 5. The maximum absolute atomic E-state index is 13.6. The molecule has 5 unspecified atom stereocenters. The van der Waals surface area contributed by atoms with Crippen molar-refractivity contribution in [2.45, 2.75) is 38.4 Å². The van der Waals surface area contributed by atoms with Crippen LogP contribution in [0, 0.1) is 17.8 Å². The topological polar surface area (TPSA) is 95.9 Å².